The Morgan fingerprint density at radius 1 is 1.00 bits per heavy atom. The van der Waals surface area contributed by atoms with Gasteiger partial charge in [0.15, 0.2) is 5.11 Å². The van der Waals surface area contributed by atoms with Crippen LogP contribution < -0.4 is 10.7 Å². The van der Waals surface area contributed by atoms with Gasteiger partial charge in [0.05, 0.1) is 11.8 Å². The molecule has 0 aliphatic heterocycles. The molecule has 0 spiro atoms. The fourth-order valence-electron chi connectivity index (χ4n) is 1.71. The van der Waals surface area contributed by atoms with E-state index in [1.165, 1.54) is 18.2 Å². The summed E-state index contributed by atoms with van der Waals surface area (Å²) in [7, 11) is 0. The van der Waals surface area contributed by atoms with Crippen LogP contribution in [0.3, 0.4) is 0 Å². The summed E-state index contributed by atoms with van der Waals surface area (Å²) in [4.78, 5) is 0. The lowest BCUT2D eigenvalue weighted by Crippen LogP contribution is -2.24. The van der Waals surface area contributed by atoms with Crippen LogP contribution in [0.1, 0.15) is 11.1 Å². The number of hydrogen-bond donors (Lipinski definition) is 2. The van der Waals surface area contributed by atoms with Gasteiger partial charge in [0.25, 0.3) is 0 Å². The molecule has 0 saturated heterocycles. The van der Waals surface area contributed by atoms with Gasteiger partial charge < -0.3 is 5.32 Å². The quantitative estimate of drug-likeness (QED) is 0.509. The standard InChI is InChI=1S/C15H12F3N3S/c16-15(17,18)13-9-5-4-6-11(13)10-19-21-14(22)20-12-7-2-1-3-8-12/h1-10H,(H2,20,21,22)/b19-10+. The Labute approximate surface area is 130 Å². The van der Waals surface area contributed by atoms with E-state index in [2.05, 4.69) is 15.8 Å². The molecule has 0 radical (unpaired) electrons. The minimum Gasteiger partial charge on any atom is -0.331 e. The van der Waals surface area contributed by atoms with E-state index in [0.717, 1.165) is 18.0 Å². The molecule has 0 aliphatic rings. The van der Waals surface area contributed by atoms with E-state index in [1.54, 1.807) is 12.1 Å². The lowest BCUT2D eigenvalue weighted by molar-refractivity contribution is -0.137. The van der Waals surface area contributed by atoms with Crippen molar-refractivity contribution >= 4 is 29.2 Å². The zero-order valence-corrected chi connectivity index (χ0v) is 12.1. The summed E-state index contributed by atoms with van der Waals surface area (Å²) >= 11 is 5.00. The Kier molecular flexibility index (Phi) is 5.11. The van der Waals surface area contributed by atoms with Crippen LogP contribution in [0.2, 0.25) is 0 Å². The average molecular weight is 323 g/mol. The van der Waals surface area contributed by atoms with Crippen molar-refractivity contribution in [2.75, 3.05) is 5.32 Å². The molecule has 22 heavy (non-hydrogen) atoms. The molecule has 114 valence electrons. The van der Waals surface area contributed by atoms with E-state index >= 15 is 0 Å². The Morgan fingerprint density at radius 2 is 1.64 bits per heavy atom. The molecule has 2 aromatic rings. The Hall–Kier alpha value is -2.41. The highest BCUT2D eigenvalue weighted by atomic mass is 32.1. The van der Waals surface area contributed by atoms with E-state index < -0.39 is 11.7 Å². The SMILES string of the molecule is FC(F)(F)c1ccccc1/C=N/NC(=S)Nc1ccccc1. The number of alkyl halides is 3. The molecular weight excluding hydrogens is 311 g/mol. The van der Waals surface area contributed by atoms with Crippen molar-refractivity contribution in [1.29, 1.82) is 0 Å². The lowest BCUT2D eigenvalue weighted by atomic mass is 10.1. The second-order valence-corrected chi connectivity index (χ2v) is 4.68. The first-order valence-electron chi connectivity index (χ1n) is 6.28. The number of hydrazone groups is 1. The van der Waals surface area contributed by atoms with Gasteiger partial charge in [-0.3, -0.25) is 5.43 Å². The molecule has 0 aromatic heterocycles. The van der Waals surface area contributed by atoms with E-state index in [-0.39, 0.29) is 10.7 Å². The van der Waals surface area contributed by atoms with Crippen LogP contribution in [-0.2, 0) is 6.18 Å². The molecule has 0 fully saturated rings. The van der Waals surface area contributed by atoms with Crippen molar-refractivity contribution in [3.63, 3.8) is 0 Å². The third-order valence-electron chi connectivity index (χ3n) is 2.67. The molecule has 0 aliphatic carbocycles. The summed E-state index contributed by atoms with van der Waals surface area (Å²) in [6.07, 6.45) is -3.34. The minimum absolute atomic E-state index is 0.0370. The minimum atomic E-state index is -4.43. The Bertz CT molecular complexity index is 669. The van der Waals surface area contributed by atoms with Gasteiger partial charge in [-0.15, -0.1) is 0 Å². The molecule has 0 amide bonds. The zero-order valence-electron chi connectivity index (χ0n) is 11.3. The van der Waals surface area contributed by atoms with E-state index in [0.29, 0.717) is 0 Å². The number of rotatable bonds is 3. The van der Waals surface area contributed by atoms with Crippen molar-refractivity contribution in [3.8, 4) is 0 Å². The Balaban J connectivity index is 2.00. The molecule has 0 bridgehead atoms. The third-order valence-corrected chi connectivity index (χ3v) is 2.86. The maximum atomic E-state index is 12.8. The summed E-state index contributed by atoms with van der Waals surface area (Å²) < 4.78 is 38.4. The zero-order chi connectivity index (χ0) is 16.0. The van der Waals surface area contributed by atoms with Gasteiger partial charge in [-0.05, 0) is 30.4 Å². The number of nitrogens with zero attached hydrogens (tertiary/aromatic N) is 1. The van der Waals surface area contributed by atoms with E-state index in [1.807, 2.05) is 18.2 Å². The van der Waals surface area contributed by atoms with Crippen molar-refractivity contribution in [2.45, 2.75) is 6.18 Å². The smallest absolute Gasteiger partial charge is 0.331 e. The largest absolute Gasteiger partial charge is 0.417 e. The van der Waals surface area contributed by atoms with Crippen LogP contribution in [0.15, 0.2) is 59.7 Å². The fourth-order valence-corrected chi connectivity index (χ4v) is 1.88. The molecule has 0 heterocycles. The van der Waals surface area contributed by atoms with Crippen molar-refractivity contribution in [3.05, 3.63) is 65.7 Å². The summed E-state index contributed by atoms with van der Waals surface area (Å²) in [6.45, 7) is 0. The topological polar surface area (TPSA) is 36.4 Å². The van der Waals surface area contributed by atoms with Gasteiger partial charge >= 0.3 is 6.18 Å². The highest BCUT2D eigenvalue weighted by Crippen LogP contribution is 2.30. The van der Waals surface area contributed by atoms with Crippen LogP contribution >= 0.6 is 12.2 Å². The molecule has 2 rings (SSSR count). The maximum Gasteiger partial charge on any atom is 0.417 e. The second kappa shape index (κ2) is 7.04. The molecular formula is C15H12F3N3S. The van der Waals surface area contributed by atoms with Crippen LogP contribution in [0.25, 0.3) is 0 Å². The molecule has 0 saturated carbocycles. The number of anilines is 1. The summed E-state index contributed by atoms with van der Waals surface area (Å²) in [5, 5.41) is 6.78. The van der Waals surface area contributed by atoms with Crippen LogP contribution in [0, 0.1) is 0 Å². The summed E-state index contributed by atoms with van der Waals surface area (Å²) in [5.74, 6) is 0. The number of benzene rings is 2. The van der Waals surface area contributed by atoms with Crippen LogP contribution in [-0.4, -0.2) is 11.3 Å². The predicted octanol–water partition coefficient (Wildman–Crippen LogP) is 4.03. The molecule has 3 nitrogen and oxygen atoms in total. The predicted molar refractivity (Wildman–Crippen MR) is 84.8 cm³/mol. The number of halogens is 3. The first-order chi connectivity index (χ1) is 10.5. The molecule has 0 unspecified atom stereocenters. The van der Waals surface area contributed by atoms with Gasteiger partial charge in [-0.2, -0.15) is 18.3 Å². The highest BCUT2D eigenvalue weighted by molar-refractivity contribution is 7.80. The van der Waals surface area contributed by atoms with Gasteiger partial charge in [-0.25, -0.2) is 0 Å². The first-order valence-corrected chi connectivity index (χ1v) is 6.69. The van der Waals surface area contributed by atoms with Crippen LogP contribution in [0.4, 0.5) is 18.9 Å². The average Bonchev–Trinajstić information content (AvgIpc) is 2.48. The van der Waals surface area contributed by atoms with Crippen molar-refractivity contribution in [2.24, 2.45) is 5.10 Å². The lowest BCUT2D eigenvalue weighted by Gasteiger charge is -2.09. The van der Waals surface area contributed by atoms with Crippen molar-refractivity contribution < 1.29 is 13.2 Å². The molecule has 2 aromatic carbocycles. The summed E-state index contributed by atoms with van der Waals surface area (Å²) in [6, 6.07) is 14.3. The summed E-state index contributed by atoms with van der Waals surface area (Å²) in [5.41, 5.74) is 2.45. The normalized spacial score (nSPS) is 11.4. The third kappa shape index (κ3) is 4.56. The van der Waals surface area contributed by atoms with Crippen molar-refractivity contribution in [1.82, 2.24) is 5.43 Å². The van der Waals surface area contributed by atoms with Gasteiger partial charge in [0.2, 0.25) is 0 Å². The molecule has 2 N–H and O–H groups in total. The van der Waals surface area contributed by atoms with Crippen LogP contribution in [0.5, 0.6) is 0 Å². The number of hydrogen-bond acceptors (Lipinski definition) is 2. The van der Waals surface area contributed by atoms with E-state index in [9.17, 15) is 13.2 Å². The van der Waals surface area contributed by atoms with Gasteiger partial charge in [0, 0.05) is 11.3 Å². The number of para-hydroxylation sites is 1. The van der Waals surface area contributed by atoms with Gasteiger partial charge in [0.1, 0.15) is 0 Å². The number of nitrogens with one attached hydrogen (secondary N) is 2. The van der Waals surface area contributed by atoms with Gasteiger partial charge in [-0.1, -0.05) is 36.4 Å². The van der Waals surface area contributed by atoms with E-state index in [4.69, 9.17) is 12.2 Å². The monoisotopic (exact) mass is 323 g/mol. The number of thiocarbonyl (C=S) groups is 1. The maximum absolute atomic E-state index is 12.8. The highest BCUT2D eigenvalue weighted by Gasteiger charge is 2.32. The second-order valence-electron chi connectivity index (χ2n) is 4.28. The first kappa shape index (κ1) is 16.0. The molecule has 0 atom stereocenters. The Morgan fingerprint density at radius 3 is 2.32 bits per heavy atom. The molecule has 7 heteroatoms. The fraction of sp³-hybridized carbons (Fsp3) is 0.0667.